The number of hydrogen-bond donors (Lipinski definition) is 2. The summed E-state index contributed by atoms with van der Waals surface area (Å²) >= 11 is 1.60. The van der Waals surface area contributed by atoms with Gasteiger partial charge < -0.3 is 15.7 Å². The van der Waals surface area contributed by atoms with Crippen molar-refractivity contribution in [1.82, 2.24) is 4.98 Å². The molecule has 14 heavy (non-hydrogen) atoms. The number of aliphatic hydroxyl groups excluding tert-OH is 1. The zero-order valence-corrected chi connectivity index (χ0v) is 9.21. The van der Waals surface area contributed by atoms with Crippen molar-refractivity contribution in [3.05, 3.63) is 11.1 Å². The van der Waals surface area contributed by atoms with Gasteiger partial charge in [-0.3, -0.25) is 0 Å². The highest BCUT2D eigenvalue weighted by Gasteiger charge is 2.42. The van der Waals surface area contributed by atoms with Crippen molar-refractivity contribution < 1.29 is 5.11 Å². The Bertz CT molecular complexity index is 331. The first-order valence-electron chi connectivity index (χ1n) is 4.62. The molecule has 78 valence electrons. The number of aromatic nitrogens is 1. The summed E-state index contributed by atoms with van der Waals surface area (Å²) in [4.78, 5) is 7.31. The fraction of sp³-hybridized carbons (Fsp3) is 0.667. The van der Waals surface area contributed by atoms with Gasteiger partial charge in [0.2, 0.25) is 0 Å². The molecule has 5 heteroatoms. The molecule has 0 aromatic carbocycles. The van der Waals surface area contributed by atoms with Crippen molar-refractivity contribution in [2.75, 3.05) is 19.0 Å². The maximum Gasteiger partial charge on any atom is 0.185 e. The Balaban J connectivity index is 2.17. The lowest BCUT2D eigenvalue weighted by Crippen LogP contribution is -2.51. The number of nitrogens with two attached hydrogens (primary N) is 1. The van der Waals surface area contributed by atoms with Gasteiger partial charge in [-0.15, -0.1) is 11.3 Å². The topological polar surface area (TPSA) is 62.4 Å². The summed E-state index contributed by atoms with van der Waals surface area (Å²) in [6.45, 7) is 0. The lowest BCUT2D eigenvalue weighted by atomic mass is 9.74. The zero-order chi connectivity index (χ0) is 10.3. The van der Waals surface area contributed by atoms with E-state index in [2.05, 4.69) is 4.98 Å². The molecule has 1 fully saturated rings. The van der Waals surface area contributed by atoms with E-state index in [0.717, 1.165) is 10.0 Å². The van der Waals surface area contributed by atoms with Crippen LogP contribution in [0.4, 0.5) is 5.13 Å². The van der Waals surface area contributed by atoms with E-state index in [1.54, 1.807) is 11.3 Å². The molecule has 1 aromatic rings. The fourth-order valence-corrected chi connectivity index (χ4v) is 2.64. The van der Waals surface area contributed by atoms with Crippen LogP contribution < -0.4 is 10.6 Å². The van der Waals surface area contributed by atoms with Crippen molar-refractivity contribution in [1.29, 1.82) is 0 Å². The van der Waals surface area contributed by atoms with Gasteiger partial charge in [0.1, 0.15) is 0 Å². The van der Waals surface area contributed by atoms with Gasteiger partial charge in [0.05, 0.1) is 11.6 Å². The van der Waals surface area contributed by atoms with E-state index in [0.29, 0.717) is 12.8 Å². The van der Waals surface area contributed by atoms with Gasteiger partial charge in [-0.2, -0.15) is 0 Å². The number of hydrogen-bond acceptors (Lipinski definition) is 5. The summed E-state index contributed by atoms with van der Waals surface area (Å²) in [5, 5.41) is 10.2. The van der Waals surface area contributed by atoms with E-state index in [4.69, 9.17) is 5.73 Å². The van der Waals surface area contributed by atoms with Crippen LogP contribution in [-0.4, -0.2) is 30.3 Å². The quantitative estimate of drug-likeness (QED) is 0.751. The van der Waals surface area contributed by atoms with E-state index >= 15 is 0 Å². The Morgan fingerprint density at radius 2 is 2.29 bits per heavy atom. The van der Waals surface area contributed by atoms with Gasteiger partial charge in [0, 0.05) is 25.2 Å². The number of rotatable bonds is 2. The average Bonchev–Trinajstić information content (AvgIpc) is 2.49. The molecule has 1 aliphatic rings. The zero-order valence-electron chi connectivity index (χ0n) is 8.40. The minimum atomic E-state index is -0.328. The van der Waals surface area contributed by atoms with Crippen LogP contribution in [0.5, 0.6) is 0 Å². The van der Waals surface area contributed by atoms with Gasteiger partial charge in [0.15, 0.2) is 5.13 Å². The molecule has 4 nitrogen and oxygen atoms in total. The number of anilines is 1. The molecule has 2 rings (SSSR count). The fourth-order valence-electron chi connectivity index (χ4n) is 1.68. The Morgan fingerprint density at radius 1 is 1.64 bits per heavy atom. The summed E-state index contributed by atoms with van der Waals surface area (Å²) in [6.07, 6.45) is 2.90. The van der Waals surface area contributed by atoms with Crippen molar-refractivity contribution in [3.63, 3.8) is 0 Å². The molecule has 0 unspecified atom stereocenters. The first-order valence-corrected chi connectivity index (χ1v) is 5.43. The van der Waals surface area contributed by atoms with E-state index in [-0.39, 0.29) is 11.6 Å². The van der Waals surface area contributed by atoms with Crippen LogP contribution in [0, 0.1) is 0 Å². The lowest BCUT2D eigenvalue weighted by Gasteiger charge is -2.41. The summed E-state index contributed by atoms with van der Waals surface area (Å²) in [5.74, 6) is 0. The lowest BCUT2D eigenvalue weighted by molar-refractivity contribution is 0.0226. The number of aliphatic hydroxyl groups is 1. The molecule has 0 aliphatic heterocycles. The Morgan fingerprint density at radius 3 is 2.71 bits per heavy atom. The van der Waals surface area contributed by atoms with Crippen LogP contribution in [0.3, 0.4) is 0 Å². The first kappa shape index (κ1) is 9.89. The predicted octanol–water partition coefficient (Wildman–Crippen LogP) is 0.518. The average molecular weight is 213 g/mol. The second-order valence-corrected chi connectivity index (χ2v) is 5.13. The van der Waals surface area contributed by atoms with Crippen LogP contribution in [0.2, 0.25) is 0 Å². The number of nitrogens with zero attached hydrogens (tertiary/aromatic N) is 2. The molecular formula is C9H15N3OS. The minimum Gasteiger partial charge on any atom is -0.393 e. The maximum absolute atomic E-state index is 9.25. The van der Waals surface area contributed by atoms with Crippen LogP contribution >= 0.6 is 11.3 Å². The summed E-state index contributed by atoms with van der Waals surface area (Å²) < 4.78 is 0. The summed E-state index contributed by atoms with van der Waals surface area (Å²) in [5.41, 5.74) is 5.79. The Kier molecular flexibility index (Phi) is 2.25. The maximum atomic E-state index is 9.25. The third kappa shape index (κ3) is 1.51. The molecule has 1 aliphatic carbocycles. The molecule has 0 radical (unpaired) electrons. The normalized spacial score (nSPS) is 31.3. The molecule has 1 saturated carbocycles. The van der Waals surface area contributed by atoms with Crippen LogP contribution in [-0.2, 0) is 5.54 Å². The summed E-state index contributed by atoms with van der Waals surface area (Å²) in [6, 6.07) is 0. The van der Waals surface area contributed by atoms with Gasteiger partial charge in [-0.1, -0.05) is 0 Å². The van der Waals surface area contributed by atoms with Crippen molar-refractivity contribution in [2.24, 2.45) is 5.73 Å². The summed E-state index contributed by atoms with van der Waals surface area (Å²) in [7, 11) is 3.92. The molecule has 0 amide bonds. The Hall–Kier alpha value is -0.650. The molecule has 1 aromatic heterocycles. The van der Waals surface area contributed by atoms with Crippen LogP contribution in [0.15, 0.2) is 6.20 Å². The highest BCUT2D eigenvalue weighted by atomic mass is 32.1. The van der Waals surface area contributed by atoms with Crippen molar-refractivity contribution in [3.8, 4) is 0 Å². The van der Waals surface area contributed by atoms with Gasteiger partial charge in [0.25, 0.3) is 0 Å². The smallest absolute Gasteiger partial charge is 0.185 e. The van der Waals surface area contributed by atoms with Crippen LogP contribution in [0.25, 0.3) is 0 Å². The molecule has 0 spiro atoms. The molecule has 3 N–H and O–H groups in total. The Labute approximate surface area is 87.4 Å². The van der Waals surface area contributed by atoms with E-state index in [1.807, 2.05) is 25.2 Å². The highest BCUT2D eigenvalue weighted by Crippen LogP contribution is 2.42. The largest absolute Gasteiger partial charge is 0.393 e. The van der Waals surface area contributed by atoms with E-state index in [9.17, 15) is 5.11 Å². The first-order chi connectivity index (χ1) is 6.51. The molecule has 0 saturated heterocycles. The molecular weight excluding hydrogens is 198 g/mol. The van der Waals surface area contributed by atoms with Gasteiger partial charge in [-0.05, 0) is 12.8 Å². The standard InChI is InChI=1S/C9H15N3OS/c1-12(2)8-11-5-7(14-8)9(10)3-6(13)4-9/h5-6,13H,3-4,10H2,1-2H3. The second-order valence-electron chi connectivity index (χ2n) is 4.12. The monoisotopic (exact) mass is 213 g/mol. The van der Waals surface area contributed by atoms with E-state index < -0.39 is 0 Å². The van der Waals surface area contributed by atoms with Gasteiger partial charge in [-0.25, -0.2) is 4.98 Å². The number of thiazole rings is 1. The third-order valence-electron chi connectivity index (χ3n) is 2.57. The third-order valence-corrected chi connectivity index (χ3v) is 3.95. The van der Waals surface area contributed by atoms with Crippen molar-refractivity contribution >= 4 is 16.5 Å². The minimum absolute atomic E-state index is 0.232. The molecule has 0 atom stereocenters. The predicted molar refractivity (Wildman–Crippen MR) is 57.5 cm³/mol. The highest BCUT2D eigenvalue weighted by molar-refractivity contribution is 7.15. The SMILES string of the molecule is CN(C)c1ncc(C2(N)CC(O)C2)s1. The van der Waals surface area contributed by atoms with Crippen LogP contribution in [0.1, 0.15) is 17.7 Å². The van der Waals surface area contributed by atoms with E-state index in [1.165, 1.54) is 0 Å². The van der Waals surface area contributed by atoms with Gasteiger partial charge >= 0.3 is 0 Å². The van der Waals surface area contributed by atoms with Crippen molar-refractivity contribution in [2.45, 2.75) is 24.5 Å². The molecule has 0 bridgehead atoms. The second kappa shape index (κ2) is 3.18. The molecule has 1 heterocycles.